The predicted octanol–water partition coefficient (Wildman–Crippen LogP) is -0.0737. The summed E-state index contributed by atoms with van der Waals surface area (Å²) in [6.07, 6.45) is 3.13. The van der Waals surface area contributed by atoms with Crippen LogP contribution in [0.3, 0.4) is 0 Å². The van der Waals surface area contributed by atoms with Crippen molar-refractivity contribution in [3.8, 4) is 0 Å². The van der Waals surface area contributed by atoms with E-state index in [0.29, 0.717) is 19.6 Å². The Hall–Kier alpha value is -0.870. The second-order valence-electron chi connectivity index (χ2n) is 3.71. The zero-order chi connectivity index (χ0) is 9.97. The SMILES string of the molecule is O=C1C=C(N2CCOCC2CO)CC1. The molecule has 14 heavy (non-hydrogen) atoms. The third kappa shape index (κ3) is 1.81. The fraction of sp³-hybridized carbons (Fsp3) is 0.700. The molecule has 1 unspecified atom stereocenters. The smallest absolute Gasteiger partial charge is 0.157 e. The van der Waals surface area contributed by atoms with Gasteiger partial charge in [-0.2, -0.15) is 0 Å². The van der Waals surface area contributed by atoms with Gasteiger partial charge in [0.2, 0.25) is 0 Å². The summed E-state index contributed by atoms with van der Waals surface area (Å²) < 4.78 is 5.28. The number of carbonyl (C=O) groups excluding carboxylic acids is 1. The summed E-state index contributed by atoms with van der Waals surface area (Å²) >= 11 is 0. The van der Waals surface area contributed by atoms with Gasteiger partial charge in [0.15, 0.2) is 5.78 Å². The molecular weight excluding hydrogens is 182 g/mol. The maximum atomic E-state index is 11.1. The van der Waals surface area contributed by atoms with Gasteiger partial charge in [-0.25, -0.2) is 0 Å². The molecular formula is C10H15NO3. The van der Waals surface area contributed by atoms with Crippen molar-refractivity contribution in [2.75, 3.05) is 26.4 Å². The van der Waals surface area contributed by atoms with Crippen LogP contribution < -0.4 is 0 Å². The fourth-order valence-corrected chi connectivity index (χ4v) is 1.99. The number of hydrogen-bond acceptors (Lipinski definition) is 4. The highest BCUT2D eigenvalue weighted by atomic mass is 16.5. The van der Waals surface area contributed by atoms with E-state index in [1.54, 1.807) is 6.08 Å². The molecule has 0 aromatic heterocycles. The Labute approximate surface area is 83.2 Å². The molecule has 1 heterocycles. The lowest BCUT2D eigenvalue weighted by Gasteiger charge is -2.37. The van der Waals surface area contributed by atoms with Gasteiger partial charge in [0.05, 0.1) is 25.9 Å². The van der Waals surface area contributed by atoms with E-state index in [1.165, 1.54) is 0 Å². The first-order valence-corrected chi connectivity index (χ1v) is 5.00. The number of morpholine rings is 1. The van der Waals surface area contributed by atoms with Gasteiger partial charge >= 0.3 is 0 Å². The lowest BCUT2D eigenvalue weighted by Crippen LogP contribution is -2.46. The van der Waals surface area contributed by atoms with Gasteiger partial charge in [0.1, 0.15) is 0 Å². The van der Waals surface area contributed by atoms with Gasteiger partial charge < -0.3 is 14.7 Å². The Balaban J connectivity index is 2.07. The van der Waals surface area contributed by atoms with Crippen LogP contribution in [0.15, 0.2) is 11.8 Å². The van der Waals surface area contributed by atoms with E-state index in [4.69, 9.17) is 9.84 Å². The van der Waals surface area contributed by atoms with E-state index in [9.17, 15) is 4.79 Å². The molecule has 1 saturated heterocycles. The van der Waals surface area contributed by atoms with E-state index in [2.05, 4.69) is 4.90 Å². The van der Waals surface area contributed by atoms with Crippen LogP contribution in [0.2, 0.25) is 0 Å². The van der Waals surface area contributed by atoms with Crippen LogP contribution in [0, 0.1) is 0 Å². The van der Waals surface area contributed by atoms with Crippen LogP contribution in [0.5, 0.6) is 0 Å². The molecule has 1 aliphatic carbocycles. The molecule has 0 aromatic rings. The topological polar surface area (TPSA) is 49.8 Å². The molecule has 4 nitrogen and oxygen atoms in total. The van der Waals surface area contributed by atoms with Crippen molar-refractivity contribution in [1.82, 2.24) is 4.90 Å². The highest BCUT2D eigenvalue weighted by Gasteiger charge is 2.26. The summed E-state index contributed by atoms with van der Waals surface area (Å²) in [5.41, 5.74) is 1.07. The van der Waals surface area contributed by atoms with Crippen molar-refractivity contribution in [2.45, 2.75) is 18.9 Å². The molecule has 2 aliphatic rings. The summed E-state index contributed by atoms with van der Waals surface area (Å²) in [5.74, 6) is 0.197. The first kappa shape index (κ1) is 9.68. The zero-order valence-electron chi connectivity index (χ0n) is 8.11. The van der Waals surface area contributed by atoms with Gasteiger partial charge in [0, 0.05) is 24.7 Å². The minimum atomic E-state index is 0.0286. The lowest BCUT2D eigenvalue weighted by atomic mass is 10.2. The standard InChI is InChI=1S/C10H15NO3/c12-6-9-7-14-4-3-11(9)8-1-2-10(13)5-8/h5,9,12H,1-4,6-7H2. The van der Waals surface area contributed by atoms with Crippen LogP contribution in [-0.2, 0) is 9.53 Å². The van der Waals surface area contributed by atoms with Crippen LogP contribution in [0.4, 0.5) is 0 Å². The largest absolute Gasteiger partial charge is 0.394 e. The van der Waals surface area contributed by atoms with Gasteiger partial charge in [-0.1, -0.05) is 0 Å². The molecule has 0 saturated carbocycles. The zero-order valence-corrected chi connectivity index (χ0v) is 8.11. The van der Waals surface area contributed by atoms with E-state index >= 15 is 0 Å². The molecule has 0 aromatic carbocycles. The lowest BCUT2D eigenvalue weighted by molar-refractivity contribution is -0.114. The maximum absolute atomic E-state index is 11.1. The molecule has 0 spiro atoms. The Kier molecular flexibility index (Phi) is 2.84. The number of carbonyl (C=O) groups is 1. The van der Waals surface area contributed by atoms with Crippen LogP contribution in [0.25, 0.3) is 0 Å². The predicted molar refractivity (Wildman–Crippen MR) is 50.7 cm³/mol. The summed E-state index contributed by atoms with van der Waals surface area (Å²) in [6.45, 7) is 2.11. The number of aliphatic hydroxyl groups is 1. The Morgan fingerprint density at radius 3 is 3.07 bits per heavy atom. The highest BCUT2D eigenvalue weighted by Crippen LogP contribution is 2.23. The normalized spacial score (nSPS) is 28.1. The van der Waals surface area contributed by atoms with E-state index < -0.39 is 0 Å². The molecule has 0 radical (unpaired) electrons. The summed E-state index contributed by atoms with van der Waals surface area (Å²) in [7, 11) is 0. The molecule has 1 fully saturated rings. The molecule has 2 rings (SSSR count). The quantitative estimate of drug-likeness (QED) is 0.673. The molecule has 4 heteroatoms. The van der Waals surface area contributed by atoms with Crippen LogP contribution in [0.1, 0.15) is 12.8 Å². The summed E-state index contributed by atoms with van der Waals surface area (Å²) in [6, 6.07) is 0.0286. The van der Waals surface area contributed by atoms with Crippen molar-refractivity contribution in [1.29, 1.82) is 0 Å². The minimum Gasteiger partial charge on any atom is -0.394 e. The summed E-state index contributed by atoms with van der Waals surface area (Å²) in [4.78, 5) is 13.2. The van der Waals surface area contributed by atoms with Crippen LogP contribution in [-0.4, -0.2) is 48.2 Å². The average Bonchev–Trinajstić information content (AvgIpc) is 2.65. The minimum absolute atomic E-state index is 0.0286. The van der Waals surface area contributed by atoms with Crippen molar-refractivity contribution in [3.63, 3.8) is 0 Å². The maximum Gasteiger partial charge on any atom is 0.157 e. The molecule has 0 bridgehead atoms. The first-order valence-electron chi connectivity index (χ1n) is 5.00. The summed E-state index contributed by atoms with van der Waals surface area (Å²) in [5, 5.41) is 9.15. The van der Waals surface area contributed by atoms with Crippen molar-refractivity contribution < 1.29 is 14.6 Å². The Morgan fingerprint density at radius 2 is 2.43 bits per heavy atom. The van der Waals surface area contributed by atoms with Gasteiger partial charge in [0.25, 0.3) is 0 Å². The molecule has 1 N–H and O–H groups in total. The molecule has 78 valence electrons. The number of allylic oxidation sites excluding steroid dienone is 2. The second-order valence-corrected chi connectivity index (χ2v) is 3.71. The second kappa shape index (κ2) is 4.11. The number of ether oxygens (including phenoxy) is 1. The number of aliphatic hydroxyl groups excluding tert-OH is 1. The fourth-order valence-electron chi connectivity index (χ4n) is 1.99. The van der Waals surface area contributed by atoms with E-state index in [-0.39, 0.29) is 18.4 Å². The van der Waals surface area contributed by atoms with Crippen molar-refractivity contribution in [3.05, 3.63) is 11.8 Å². The molecule has 1 aliphatic heterocycles. The number of hydrogen-bond donors (Lipinski definition) is 1. The van der Waals surface area contributed by atoms with Gasteiger partial charge in [-0.05, 0) is 6.42 Å². The van der Waals surface area contributed by atoms with E-state index in [0.717, 1.165) is 18.7 Å². The Bertz CT molecular complexity index is 262. The van der Waals surface area contributed by atoms with Crippen molar-refractivity contribution in [2.24, 2.45) is 0 Å². The van der Waals surface area contributed by atoms with E-state index in [1.807, 2.05) is 0 Å². The number of ketones is 1. The highest BCUT2D eigenvalue weighted by molar-refractivity contribution is 5.92. The monoisotopic (exact) mass is 197 g/mol. The number of rotatable bonds is 2. The first-order chi connectivity index (χ1) is 6.81. The molecule has 0 amide bonds. The number of nitrogens with zero attached hydrogens (tertiary/aromatic N) is 1. The molecule has 1 atom stereocenters. The van der Waals surface area contributed by atoms with Crippen LogP contribution >= 0.6 is 0 Å². The van der Waals surface area contributed by atoms with Gasteiger partial charge in [-0.3, -0.25) is 4.79 Å². The Morgan fingerprint density at radius 1 is 1.57 bits per heavy atom. The van der Waals surface area contributed by atoms with Gasteiger partial charge in [-0.15, -0.1) is 0 Å². The average molecular weight is 197 g/mol. The third-order valence-corrected chi connectivity index (χ3v) is 2.76. The third-order valence-electron chi connectivity index (χ3n) is 2.76. The van der Waals surface area contributed by atoms with Crippen molar-refractivity contribution >= 4 is 5.78 Å².